The number of hydrogen-bond acceptors (Lipinski definition) is 6. The van der Waals surface area contributed by atoms with Crippen LogP contribution in [0.5, 0.6) is 0 Å². The van der Waals surface area contributed by atoms with Crippen LogP contribution in [-0.2, 0) is 10.2 Å². The SMILES string of the molecule is Cc1c(NC(=O)c2ccccc2C(C)(C)C)cccc1-c1ccnc(Nc2ccc(C(=O)NCCCOC(C)C)cc2)n1. The fraction of sp³-hybridized carbons (Fsp3) is 0.314. The first-order chi connectivity index (χ1) is 20.5. The first-order valence-corrected chi connectivity index (χ1v) is 14.6. The van der Waals surface area contributed by atoms with Crippen molar-refractivity contribution < 1.29 is 14.3 Å². The van der Waals surface area contributed by atoms with Crippen LogP contribution in [0.4, 0.5) is 17.3 Å². The molecule has 0 unspecified atom stereocenters. The highest BCUT2D eigenvalue weighted by atomic mass is 16.5. The number of carbonyl (C=O) groups is 2. The summed E-state index contributed by atoms with van der Waals surface area (Å²) in [6, 6.07) is 22.5. The molecule has 0 saturated heterocycles. The molecule has 224 valence electrons. The van der Waals surface area contributed by atoms with Crippen LogP contribution >= 0.6 is 0 Å². The highest BCUT2D eigenvalue weighted by molar-refractivity contribution is 6.06. The predicted molar refractivity (Wildman–Crippen MR) is 173 cm³/mol. The minimum atomic E-state index is -0.162. The number of amides is 2. The molecule has 0 saturated carbocycles. The summed E-state index contributed by atoms with van der Waals surface area (Å²) in [5.41, 5.74) is 6.06. The van der Waals surface area contributed by atoms with E-state index in [9.17, 15) is 9.59 Å². The summed E-state index contributed by atoms with van der Waals surface area (Å²) in [6.07, 6.45) is 2.64. The Hall–Kier alpha value is -4.56. The van der Waals surface area contributed by atoms with Crippen molar-refractivity contribution in [3.05, 3.63) is 101 Å². The standard InChI is InChI=1S/C35H41N5O3/c1-23(2)43-22-10-20-36-32(41)25-15-17-26(18-16-25)38-34-37-21-19-31(40-34)27-12-9-14-30(24(27)3)39-33(42)28-11-7-8-13-29(28)35(4,5)6/h7-9,11-19,21,23H,10,20,22H2,1-6H3,(H,36,41)(H,39,42)(H,37,38,40). The number of rotatable bonds is 11. The van der Waals surface area contributed by atoms with E-state index in [1.807, 2.05) is 81.4 Å². The van der Waals surface area contributed by atoms with Crippen LogP contribution in [0, 0.1) is 6.92 Å². The topological polar surface area (TPSA) is 105 Å². The minimum absolute atomic E-state index is 0.126. The Labute approximate surface area is 254 Å². The van der Waals surface area contributed by atoms with E-state index in [2.05, 4.69) is 41.7 Å². The normalized spacial score (nSPS) is 11.3. The van der Waals surface area contributed by atoms with Gasteiger partial charge in [0.2, 0.25) is 5.95 Å². The maximum atomic E-state index is 13.3. The largest absolute Gasteiger partial charge is 0.379 e. The van der Waals surface area contributed by atoms with Gasteiger partial charge in [-0.25, -0.2) is 9.97 Å². The summed E-state index contributed by atoms with van der Waals surface area (Å²) in [7, 11) is 0. The maximum absolute atomic E-state index is 13.3. The van der Waals surface area contributed by atoms with Crippen molar-refractivity contribution in [1.82, 2.24) is 15.3 Å². The van der Waals surface area contributed by atoms with Gasteiger partial charge in [0.25, 0.3) is 11.8 Å². The number of benzene rings is 3. The molecule has 1 aromatic heterocycles. The van der Waals surface area contributed by atoms with Gasteiger partial charge in [0.1, 0.15) is 0 Å². The third-order valence-corrected chi connectivity index (χ3v) is 6.95. The van der Waals surface area contributed by atoms with E-state index >= 15 is 0 Å². The molecule has 0 aliphatic carbocycles. The van der Waals surface area contributed by atoms with E-state index in [1.165, 1.54) is 0 Å². The quantitative estimate of drug-likeness (QED) is 0.161. The molecule has 2 amide bonds. The van der Waals surface area contributed by atoms with Crippen LogP contribution in [0.15, 0.2) is 79.0 Å². The van der Waals surface area contributed by atoms with Crippen LogP contribution in [0.2, 0.25) is 0 Å². The van der Waals surface area contributed by atoms with Crippen LogP contribution in [-0.4, -0.2) is 41.0 Å². The summed E-state index contributed by atoms with van der Waals surface area (Å²) in [6.45, 7) is 13.4. The third kappa shape index (κ3) is 8.49. The van der Waals surface area contributed by atoms with Crippen LogP contribution < -0.4 is 16.0 Å². The lowest BCUT2D eigenvalue weighted by atomic mass is 9.83. The molecular formula is C35H41N5O3. The average Bonchev–Trinajstić information content (AvgIpc) is 2.98. The Balaban J connectivity index is 1.43. The van der Waals surface area contributed by atoms with Crippen molar-refractivity contribution in [2.24, 2.45) is 0 Å². The molecular weight excluding hydrogens is 538 g/mol. The first kappa shape index (κ1) is 31.4. The van der Waals surface area contributed by atoms with E-state index in [0.717, 1.165) is 40.2 Å². The zero-order valence-corrected chi connectivity index (χ0v) is 25.8. The molecule has 3 aromatic carbocycles. The Morgan fingerprint density at radius 3 is 2.37 bits per heavy atom. The molecule has 4 aromatic rings. The zero-order chi connectivity index (χ0) is 31.0. The molecule has 4 rings (SSSR count). The van der Waals surface area contributed by atoms with Crippen molar-refractivity contribution in [3.63, 3.8) is 0 Å². The van der Waals surface area contributed by atoms with Gasteiger partial charge in [-0.1, -0.05) is 51.1 Å². The molecule has 0 fully saturated rings. The summed E-state index contributed by atoms with van der Waals surface area (Å²) in [4.78, 5) is 34.9. The van der Waals surface area contributed by atoms with Crippen LogP contribution in [0.3, 0.4) is 0 Å². The lowest BCUT2D eigenvalue weighted by Gasteiger charge is -2.22. The number of carbonyl (C=O) groups excluding carboxylic acids is 2. The Bertz CT molecular complexity index is 1560. The van der Waals surface area contributed by atoms with Gasteiger partial charge >= 0.3 is 0 Å². The van der Waals surface area contributed by atoms with Gasteiger partial charge in [-0.3, -0.25) is 9.59 Å². The van der Waals surface area contributed by atoms with Crippen molar-refractivity contribution in [3.8, 4) is 11.3 Å². The van der Waals surface area contributed by atoms with Gasteiger partial charge in [0, 0.05) is 47.4 Å². The second-order valence-electron chi connectivity index (χ2n) is 11.7. The number of ether oxygens (including phenoxy) is 1. The Morgan fingerprint density at radius 1 is 0.907 bits per heavy atom. The van der Waals surface area contributed by atoms with Crippen LogP contribution in [0.1, 0.15) is 72.9 Å². The van der Waals surface area contributed by atoms with Gasteiger partial charge in [-0.2, -0.15) is 0 Å². The van der Waals surface area contributed by atoms with Gasteiger partial charge in [-0.15, -0.1) is 0 Å². The fourth-order valence-electron chi connectivity index (χ4n) is 4.67. The van der Waals surface area contributed by atoms with Crippen molar-refractivity contribution in [2.75, 3.05) is 23.8 Å². The van der Waals surface area contributed by atoms with E-state index < -0.39 is 0 Å². The lowest BCUT2D eigenvalue weighted by molar-refractivity contribution is 0.0757. The minimum Gasteiger partial charge on any atom is -0.379 e. The van der Waals surface area contributed by atoms with E-state index in [4.69, 9.17) is 9.72 Å². The molecule has 0 bridgehead atoms. The second-order valence-corrected chi connectivity index (χ2v) is 11.7. The van der Waals surface area contributed by atoms with E-state index in [0.29, 0.717) is 30.2 Å². The zero-order valence-electron chi connectivity index (χ0n) is 25.8. The average molecular weight is 580 g/mol. The number of nitrogens with one attached hydrogen (secondary N) is 3. The van der Waals surface area contributed by atoms with Gasteiger partial charge in [0.15, 0.2) is 0 Å². The fourth-order valence-corrected chi connectivity index (χ4v) is 4.67. The van der Waals surface area contributed by atoms with Crippen LogP contribution in [0.25, 0.3) is 11.3 Å². The molecule has 0 aliphatic rings. The van der Waals surface area contributed by atoms with Gasteiger partial charge in [-0.05, 0) is 86.2 Å². The van der Waals surface area contributed by atoms with Gasteiger partial charge < -0.3 is 20.7 Å². The Morgan fingerprint density at radius 2 is 1.65 bits per heavy atom. The summed E-state index contributed by atoms with van der Waals surface area (Å²) in [5, 5.41) is 9.24. The van der Waals surface area contributed by atoms with E-state index in [-0.39, 0.29) is 23.3 Å². The number of aromatic nitrogens is 2. The second kappa shape index (κ2) is 14.1. The molecule has 8 heteroatoms. The highest BCUT2D eigenvalue weighted by Crippen LogP contribution is 2.30. The smallest absolute Gasteiger partial charge is 0.255 e. The van der Waals surface area contributed by atoms with Crippen molar-refractivity contribution in [2.45, 2.75) is 59.5 Å². The molecule has 8 nitrogen and oxygen atoms in total. The number of hydrogen-bond donors (Lipinski definition) is 3. The maximum Gasteiger partial charge on any atom is 0.255 e. The molecule has 0 atom stereocenters. The number of anilines is 3. The summed E-state index contributed by atoms with van der Waals surface area (Å²) < 4.78 is 5.51. The van der Waals surface area contributed by atoms with Gasteiger partial charge in [0.05, 0.1) is 11.8 Å². The molecule has 0 spiro atoms. The monoisotopic (exact) mass is 579 g/mol. The van der Waals surface area contributed by atoms with Crippen molar-refractivity contribution in [1.29, 1.82) is 0 Å². The molecule has 0 radical (unpaired) electrons. The highest BCUT2D eigenvalue weighted by Gasteiger charge is 2.22. The molecule has 1 heterocycles. The third-order valence-electron chi connectivity index (χ3n) is 6.95. The first-order valence-electron chi connectivity index (χ1n) is 14.6. The molecule has 0 aliphatic heterocycles. The summed E-state index contributed by atoms with van der Waals surface area (Å²) in [5.74, 6) is 0.152. The molecule has 3 N–H and O–H groups in total. The van der Waals surface area contributed by atoms with E-state index in [1.54, 1.807) is 18.3 Å². The molecule has 43 heavy (non-hydrogen) atoms. The lowest BCUT2D eigenvalue weighted by Crippen LogP contribution is -2.25. The number of nitrogens with zero attached hydrogens (tertiary/aromatic N) is 2. The summed E-state index contributed by atoms with van der Waals surface area (Å²) >= 11 is 0. The predicted octanol–water partition coefficient (Wildman–Crippen LogP) is 7.29. The van der Waals surface area contributed by atoms with Crippen molar-refractivity contribution >= 4 is 29.1 Å². The Kier molecular flexibility index (Phi) is 10.3.